The quantitative estimate of drug-likeness (QED) is 0.909. The van der Waals surface area contributed by atoms with E-state index in [-0.39, 0.29) is 0 Å². The van der Waals surface area contributed by atoms with Crippen molar-refractivity contribution in [3.63, 3.8) is 0 Å². The lowest BCUT2D eigenvalue weighted by atomic mass is 9.88. The predicted octanol–water partition coefficient (Wildman–Crippen LogP) is 3.78. The largest absolute Gasteiger partial charge is 0.365 e. The molecule has 1 saturated heterocycles. The molecule has 2 nitrogen and oxygen atoms in total. The van der Waals surface area contributed by atoms with E-state index in [9.17, 15) is 0 Å². The van der Waals surface area contributed by atoms with Crippen LogP contribution < -0.4 is 10.2 Å². The van der Waals surface area contributed by atoms with Crippen molar-refractivity contribution in [3.8, 4) is 0 Å². The van der Waals surface area contributed by atoms with E-state index in [1.807, 2.05) is 0 Å². The molecule has 1 N–H and O–H groups in total. The minimum absolute atomic E-state index is 0.626. The molecule has 21 heavy (non-hydrogen) atoms. The third kappa shape index (κ3) is 2.96. The summed E-state index contributed by atoms with van der Waals surface area (Å²) in [6.07, 6.45) is 6.50. The first-order valence-corrected chi connectivity index (χ1v) is 8.81. The van der Waals surface area contributed by atoms with Gasteiger partial charge in [-0.15, -0.1) is 0 Å². The highest BCUT2D eigenvalue weighted by Crippen LogP contribution is 2.33. The third-order valence-corrected chi connectivity index (χ3v) is 5.38. The van der Waals surface area contributed by atoms with Crippen LogP contribution in [0, 0.1) is 5.92 Å². The van der Waals surface area contributed by atoms with Gasteiger partial charge in [0.25, 0.3) is 0 Å². The van der Waals surface area contributed by atoms with Gasteiger partial charge in [0.05, 0.1) is 0 Å². The SMILES string of the molecule is CCC1CN(c2cccc3c2CCCC3)C(C(C)C)CN1. The van der Waals surface area contributed by atoms with Gasteiger partial charge in [-0.05, 0) is 55.2 Å². The van der Waals surface area contributed by atoms with Crippen molar-refractivity contribution in [2.24, 2.45) is 5.92 Å². The monoisotopic (exact) mass is 286 g/mol. The van der Waals surface area contributed by atoms with Crippen LogP contribution in [0.5, 0.6) is 0 Å². The molecule has 3 rings (SSSR count). The molecule has 0 spiro atoms. The number of hydrogen-bond acceptors (Lipinski definition) is 2. The second kappa shape index (κ2) is 6.39. The summed E-state index contributed by atoms with van der Waals surface area (Å²) in [5.41, 5.74) is 4.78. The predicted molar refractivity (Wildman–Crippen MR) is 91.1 cm³/mol. The summed E-state index contributed by atoms with van der Waals surface area (Å²) in [5.74, 6) is 0.690. The highest BCUT2D eigenvalue weighted by Gasteiger charge is 2.31. The average molecular weight is 286 g/mol. The lowest BCUT2D eigenvalue weighted by Gasteiger charge is -2.45. The summed E-state index contributed by atoms with van der Waals surface area (Å²) >= 11 is 0. The van der Waals surface area contributed by atoms with Crippen LogP contribution in [0.3, 0.4) is 0 Å². The Balaban J connectivity index is 1.95. The van der Waals surface area contributed by atoms with Crippen molar-refractivity contribution in [2.75, 3.05) is 18.0 Å². The van der Waals surface area contributed by atoms with E-state index in [0.29, 0.717) is 18.0 Å². The van der Waals surface area contributed by atoms with Gasteiger partial charge in [0.2, 0.25) is 0 Å². The van der Waals surface area contributed by atoms with Crippen LogP contribution in [-0.4, -0.2) is 25.2 Å². The number of rotatable bonds is 3. The highest BCUT2D eigenvalue weighted by atomic mass is 15.2. The number of aryl methyl sites for hydroxylation is 1. The Morgan fingerprint density at radius 3 is 2.81 bits per heavy atom. The van der Waals surface area contributed by atoms with Gasteiger partial charge in [0.1, 0.15) is 0 Å². The number of benzene rings is 1. The van der Waals surface area contributed by atoms with Crippen molar-refractivity contribution < 1.29 is 0 Å². The number of fused-ring (bicyclic) bond motifs is 1. The lowest BCUT2D eigenvalue weighted by molar-refractivity contribution is 0.333. The number of hydrogen-bond donors (Lipinski definition) is 1. The minimum Gasteiger partial charge on any atom is -0.365 e. The maximum absolute atomic E-state index is 3.74. The van der Waals surface area contributed by atoms with Crippen LogP contribution in [0.2, 0.25) is 0 Å². The van der Waals surface area contributed by atoms with E-state index in [4.69, 9.17) is 0 Å². The Bertz CT molecular complexity index is 480. The Morgan fingerprint density at radius 2 is 2.05 bits per heavy atom. The first-order valence-electron chi connectivity index (χ1n) is 8.81. The second-order valence-electron chi connectivity index (χ2n) is 7.10. The van der Waals surface area contributed by atoms with Gasteiger partial charge in [-0.25, -0.2) is 0 Å². The number of anilines is 1. The van der Waals surface area contributed by atoms with Gasteiger partial charge in [-0.3, -0.25) is 0 Å². The van der Waals surface area contributed by atoms with E-state index in [1.165, 1.54) is 37.8 Å². The fourth-order valence-electron chi connectivity index (χ4n) is 4.01. The molecule has 1 aromatic rings. The molecule has 2 heteroatoms. The maximum atomic E-state index is 3.74. The summed E-state index contributed by atoms with van der Waals surface area (Å²) in [7, 11) is 0. The van der Waals surface area contributed by atoms with E-state index in [2.05, 4.69) is 49.2 Å². The molecule has 2 atom stereocenters. The fraction of sp³-hybridized carbons (Fsp3) is 0.684. The molecule has 0 amide bonds. The highest BCUT2D eigenvalue weighted by molar-refractivity contribution is 5.59. The molecule has 0 saturated carbocycles. The van der Waals surface area contributed by atoms with Gasteiger partial charge < -0.3 is 10.2 Å². The normalized spacial score (nSPS) is 26.0. The molecule has 1 heterocycles. The van der Waals surface area contributed by atoms with Crippen LogP contribution in [0.15, 0.2) is 18.2 Å². The molecule has 1 aromatic carbocycles. The summed E-state index contributed by atoms with van der Waals surface area (Å²) in [6.45, 7) is 9.31. The molecular formula is C19H30N2. The van der Waals surface area contributed by atoms with Crippen LogP contribution in [0.1, 0.15) is 51.2 Å². The van der Waals surface area contributed by atoms with Gasteiger partial charge in [0, 0.05) is 30.9 Å². The zero-order chi connectivity index (χ0) is 14.8. The zero-order valence-corrected chi connectivity index (χ0v) is 13.9. The molecule has 0 aromatic heterocycles. The topological polar surface area (TPSA) is 15.3 Å². The zero-order valence-electron chi connectivity index (χ0n) is 13.9. The number of piperazine rings is 1. The van der Waals surface area contributed by atoms with E-state index >= 15 is 0 Å². The first kappa shape index (κ1) is 14.9. The Labute approximate surface area is 129 Å². The van der Waals surface area contributed by atoms with Crippen molar-refractivity contribution in [3.05, 3.63) is 29.3 Å². The average Bonchev–Trinajstić information content (AvgIpc) is 2.53. The Morgan fingerprint density at radius 1 is 1.24 bits per heavy atom. The van der Waals surface area contributed by atoms with Crippen molar-refractivity contribution in [2.45, 2.75) is 65.0 Å². The summed E-state index contributed by atoms with van der Waals surface area (Å²) in [6, 6.07) is 8.26. The Hall–Kier alpha value is -1.02. The molecule has 2 aliphatic rings. The molecular weight excluding hydrogens is 256 g/mol. The van der Waals surface area contributed by atoms with Gasteiger partial charge in [-0.2, -0.15) is 0 Å². The van der Waals surface area contributed by atoms with Gasteiger partial charge in [-0.1, -0.05) is 32.9 Å². The molecule has 1 aliphatic heterocycles. The standard InChI is InChI=1S/C19H30N2/c1-4-16-13-21(19(12-20-16)14(2)3)18-11-7-9-15-8-5-6-10-17(15)18/h7,9,11,14,16,19-20H,4-6,8,10,12-13H2,1-3H3. The van der Waals surface area contributed by atoms with E-state index in [1.54, 1.807) is 11.1 Å². The van der Waals surface area contributed by atoms with E-state index in [0.717, 1.165) is 13.1 Å². The smallest absolute Gasteiger partial charge is 0.0438 e. The van der Waals surface area contributed by atoms with Gasteiger partial charge >= 0.3 is 0 Å². The second-order valence-corrected chi connectivity index (χ2v) is 7.10. The van der Waals surface area contributed by atoms with Crippen molar-refractivity contribution in [1.29, 1.82) is 0 Å². The molecule has 2 unspecified atom stereocenters. The molecule has 116 valence electrons. The fourth-order valence-corrected chi connectivity index (χ4v) is 4.01. The van der Waals surface area contributed by atoms with Crippen LogP contribution in [0.25, 0.3) is 0 Å². The summed E-state index contributed by atoms with van der Waals surface area (Å²) in [4.78, 5) is 2.72. The van der Waals surface area contributed by atoms with Crippen molar-refractivity contribution >= 4 is 5.69 Å². The first-order chi connectivity index (χ1) is 10.2. The van der Waals surface area contributed by atoms with Gasteiger partial charge in [0.15, 0.2) is 0 Å². The molecule has 1 aliphatic carbocycles. The number of nitrogens with one attached hydrogen (secondary N) is 1. The van der Waals surface area contributed by atoms with Crippen molar-refractivity contribution in [1.82, 2.24) is 5.32 Å². The maximum Gasteiger partial charge on any atom is 0.0438 e. The minimum atomic E-state index is 0.626. The third-order valence-electron chi connectivity index (χ3n) is 5.38. The lowest BCUT2D eigenvalue weighted by Crippen LogP contribution is -2.58. The van der Waals surface area contributed by atoms with Crippen LogP contribution >= 0.6 is 0 Å². The summed E-state index contributed by atoms with van der Waals surface area (Å²) in [5, 5.41) is 3.74. The summed E-state index contributed by atoms with van der Waals surface area (Å²) < 4.78 is 0. The number of nitrogens with zero attached hydrogens (tertiary/aromatic N) is 1. The van der Waals surface area contributed by atoms with E-state index < -0.39 is 0 Å². The van der Waals surface area contributed by atoms with Crippen LogP contribution in [0.4, 0.5) is 5.69 Å². The van der Waals surface area contributed by atoms with Crippen LogP contribution in [-0.2, 0) is 12.8 Å². The Kier molecular flexibility index (Phi) is 4.54. The molecule has 0 radical (unpaired) electrons. The molecule has 0 bridgehead atoms. The molecule has 1 fully saturated rings.